The summed E-state index contributed by atoms with van der Waals surface area (Å²) in [6.07, 6.45) is 5.53. The van der Waals surface area contributed by atoms with Crippen molar-refractivity contribution < 1.29 is 14.3 Å². The predicted octanol–water partition coefficient (Wildman–Crippen LogP) is 2.06. The summed E-state index contributed by atoms with van der Waals surface area (Å²) in [6, 6.07) is 0. The Balaban J connectivity index is 2.22. The van der Waals surface area contributed by atoms with E-state index >= 15 is 0 Å². The molecule has 1 atom stereocenters. The molecule has 66 valence electrons. The molecular weight excluding hydrogens is 156 g/mol. The van der Waals surface area contributed by atoms with Gasteiger partial charge in [-0.1, -0.05) is 19.8 Å². The van der Waals surface area contributed by atoms with Crippen molar-refractivity contribution in [3.8, 4) is 12.0 Å². The Bertz CT molecular complexity index is 212. The summed E-state index contributed by atoms with van der Waals surface area (Å²) in [4.78, 5) is 10.6. The molecule has 0 saturated heterocycles. The van der Waals surface area contributed by atoms with Gasteiger partial charge in [-0.15, -0.1) is 0 Å². The quantitative estimate of drug-likeness (QED) is 0.366. The van der Waals surface area contributed by atoms with E-state index in [0.29, 0.717) is 0 Å². The zero-order valence-electron chi connectivity index (χ0n) is 7.13. The number of cyclic esters (lactones) is 2. The highest BCUT2D eigenvalue weighted by Gasteiger charge is 2.15. The number of carbonyl (C=O) groups is 1. The van der Waals surface area contributed by atoms with Gasteiger partial charge in [-0.25, -0.2) is 4.79 Å². The molecule has 3 heteroatoms. The number of rotatable bonds is 4. The van der Waals surface area contributed by atoms with E-state index in [1.807, 2.05) is 0 Å². The molecule has 0 fully saturated rings. The van der Waals surface area contributed by atoms with Crippen molar-refractivity contribution in [2.24, 2.45) is 0 Å². The van der Waals surface area contributed by atoms with Gasteiger partial charge in [0.25, 0.3) is 0 Å². The molecule has 0 amide bonds. The summed E-state index contributed by atoms with van der Waals surface area (Å²) in [6.45, 7) is 2.13. The lowest BCUT2D eigenvalue weighted by Gasteiger charge is -2.12. The molecule has 1 aliphatic rings. The van der Waals surface area contributed by atoms with Crippen molar-refractivity contribution in [1.29, 1.82) is 0 Å². The SMILES string of the molecule is CCCCCC1C#COC(=O)O1. The van der Waals surface area contributed by atoms with E-state index < -0.39 is 6.16 Å². The Labute approximate surface area is 72.0 Å². The van der Waals surface area contributed by atoms with Gasteiger partial charge in [0, 0.05) is 0 Å². The Morgan fingerprint density at radius 3 is 3.00 bits per heavy atom. The van der Waals surface area contributed by atoms with Crippen LogP contribution >= 0.6 is 0 Å². The fourth-order valence-corrected chi connectivity index (χ4v) is 1.02. The molecule has 1 aliphatic heterocycles. The summed E-state index contributed by atoms with van der Waals surface area (Å²) in [5.74, 6) is 2.69. The van der Waals surface area contributed by atoms with E-state index in [-0.39, 0.29) is 6.10 Å². The van der Waals surface area contributed by atoms with E-state index in [0.717, 1.165) is 25.7 Å². The molecule has 0 spiro atoms. The third-order valence-corrected chi connectivity index (χ3v) is 1.66. The highest BCUT2D eigenvalue weighted by atomic mass is 16.7. The van der Waals surface area contributed by atoms with Crippen molar-refractivity contribution in [2.45, 2.75) is 38.7 Å². The van der Waals surface area contributed by atoms with Crippen molar-refractivity contribution >= 4 is 6.16 Å². The number of carbonyl (C=O) groups excluding carboxylic acids is 1. The van der Waals surface area contributed by atoms with E-state index in [2.05, 4.69) is 23.7 Å². The minimum Gasteiger partial charge on any atom is -0.417 e. The second-order valence-electron chi connectivity index (χ2n) is 2.70. The Kier molecular flexibility index (Phi) is 3.46. The van der Waals surface area contributed by atoms with Crippen LogP contribution in [0.4, 0.5) is 4.79 Å². The van der Waals surface area contributed by atoms with Gasteiger partial charge in [-0.05, 0) is 18.8 Å². The topological polar surface area (TPSA) is 35.5 Å². The van der Waals surface area contributed by atoms with Crippen LogP contribution in [0.25, 0.3) is 0 Å². The fraction of sp³-hybridized carbons (Fsp3) is 0.667. The van der Waals surface area contributed by atoms with Crippen LogP contribution in [0.5, 0.6) is 0 Å². The molecule has 0 bridgehead atoms. The Morgan fingerprint density at radius 1 is 1.50 bits per heavy atom. The molecule has 12 heavy (non-hydrogen) atoms. The van der Waals surface area contributed by atoms with E-state index in [4.69, 9.17) is 4.74 Å². The number of ether oxygens (including phenoxy) is 2. The van der Waals surface area contributed by atoms with Gasteiger partial charge in [-0.3, -0.25) is 0 Å². The second kappa shape index (κ2) is 4.66. The number of unbranched alkanes of at least 4 members (excludes halogenated alkanes) is 2. The van der Waals surface area contributed by atoms with Gasteiger partial charge < -0.3 is 9.47 Å². The van der Waals surface area contributed by atoms with Crippen LogP contribution in [0.3, 0.4) is 0 Å². The van der Waals surface area contributed by atoms with Crippen LogP contribution < -0.4 is 0 Å². The molecule has 0 aromatic rings. The zero-order valence-corrected chi connectivity index (χ0v) is 7.13. The highest BCUT2D eigenvalue weighted by molar-refractivity contribution is 5.63. The average Bonchev–Trinajstić information content (AvgIpc) is 2.05. The molecule has 1 rings (SSSR count). The first-order valence-electron chi connectivity index (χ1n) is 4.21. The average molecular weight is 168 g/mol. The van der Waals surface area contributed by atoms with Crippen molar-refractivity contribution in [3.63, 3.8) is 0 Å². The lowest BCUT2D eigenvalue weighted by molar-refractivity contribution is 0.0589. The van der Waals surface area contributed by atoms with Gasteiger partial charge in [0.2, 0.25) is 0 Å². The minimum absolute atomic E-state index is 0.252. The first-order valence-corrected chi connectivity index (χ1v) is 4.21. The van der Waals surface area contributed by atoms with Gasteiger partial charge in [0.15, 0.2) is 6.10 Å². The summed E-state index contributed by atoms with van der Waals surface area (Å²) >= 11 is 0. The van der Waals surface area contributed by atoms with Crippen LogP contribution in [-0.2, 0) is 9.47 Å². The molecule has 0 N–H and O–H groups in total. The molecular formula is C9H12O3. The van der Waals surface area contributed by atoms with Crippen LogP contribution in [0.1, 0.15) is 32.6 Å². The Morgan fingerprint density at radius 2 is 2.33 bits per heavy atom. The third kappa shape index (κ3) is 2.83. The van der Waals surface area contributed by atoms with Crippen LogP contribution in [0, 0.1) is 12.0 Å². The van der Waals surface area contributed by atoms with Gasteiger partial charge in [0.1, 0.15) is 6.11 Å². The van der Waals surface area contributed by atoms with Gasteiger partial charge in [-0.2, -0.15) is 0 Å². The van der Waals surface area contributed by atoms with Gasteiger partial charge >= 0.3 is 6.16 Å². The van der Waals surface area contributed by atoms with Gasteiger partial charge in [0.05, 0.1) is 0 Å². The first-order chi connectivity index (χ1) is 5.83. The predicted molar refractivity (Wildman–Crippen MR) is 43.3 cm³/mol. The first kappa shape index (κ1) is 8.92. The minimum atomic E-state index is -0.671. The third-order valence-electron chi connectivity index (χ3n) is 1.66. The monoisotopic (exact) mass is 168 g/mol. The summed E-state index contributed by atoms with van der Waals surface area (Å²) in [5, 5.41) is 0. The van der Waals surface area contributed by atoms with Crippen LogP contribution in [0.15, 0.2) is 0 Å². The van der Waals surface area contributed by atoms with E-state index in [9.17, 15) is 4.79 Å². The van der Waals surface area contributed by atoms with Crippen LogP contribution in [-0.4, -0.2) is 12.3 Å². The summed E-state index contributed by atoms with van der Waals surface area (Å²) in [7, 11) is 0. The maximum absolute atomic E-state index is 10.6. The normalized spacial score (nSPS) is 20.4. The lowest BCUT2D eigenvalue weighted by Crippen LogP contribution is -2.20. The molecule has 0 radical (unpaired) electrons. The molecule has 0 aliphatic carbocycles. The van der Waals surface area contributed by atoms with Crippen molar-refractivity contribution in [3.05, 3.63) is 0 Å². The van der Waals surface area contributed by atoms with Crippen LogP contribution in [0.2, 0.25) is 0 Å². The van der Waals surface area contributed by atoms with E-state index in [1.54, 1.807) is 0 Å². The lowest BCUT2D eigenvalue weighted by atomic mass is 10.1. The molecule has 1 unspecified atom stereocenters. The van der Waals surface area contributed by atoms with Crippen molar-refractivity contribution in [1.82, 2.24) is 0 Å². The van der Waals surface area contributed by atoms with E-state index in [1.165, 1.54) is 0 Å². The standard InChI is InChI=1S/C9H12O3/c1-2-3-4-5-8-6-7-11-9(10)12-8/h8H,2-5H2,1H3. The highest BCUT2D eigenvalue weighted by Crippen LogP contribution is 2.09. The maximum Gasteiger partial charge on any atom is 0.523 e. The maximum atomic E-state index is 10.6. The van der Waals surface area contributed by atoms with Crippen molar-refractivity contribution in [2.75, 3.05) is 0 Å². The molecule has 3 nitrogen and oxygen atoms in total. The summed E-state index contributed by atoms with van der Waals surface area (Å²) < 4.78 is 9.09. The fourth-order valence-electron chi connectivity index (χ4n) is 1.02. The summed E-state index contributed by atoms with van der Waals surface area (Å²) in [5.41, 5.74) is 0. The number of hydrogen-bond donors (Lipinski definition) is 0. The molecule has 0 aromatic carbocycles. The molecule has 0 aromatic heterocycles. The molecule has 1 heterocycles. The number of hydrogen-bond acceptors (Lipinski definition) is 3. The smallest absolute Gasteiger partial charge is 0.417 e. The Hall–Kier alpha value is -1.17. The second-order valence-corrected chi connectivity index (χ2v) is 2.70. The molecule has 0 saturated carbocycles. The largest absolute Gasteiger partial charge is 0.523 e. The zero-order chi connectivity index (χ0) is 8.81.